The molecule has 0 aliphatic rings. The van der Waals surface area contributed by atoms with Gasteiger partial charge in [-0.3, -0.25) is 0 Å². The van der Waals surface area contributed by atoms with Crippen molar-refractivity contribution in [2.75, 3.05) is 20.8 Å². The minimum Gasteiger partial charge on any atom is -0.493 e. The summed E-state index contributed by atoms with van der Waals surface area (Å²) in [4.78, 5) is 0. The van der Waals surface area contributed by atoms with E-state index in [2.05, 4.69) is 45.3 Å². The van der Waals surface area contributed by atoms with Crippen LogP contribution < -0.4 is 20.1 Å². The van der Waals surface area contributed by atoms with Crippen LogP contribution >= 0.6 is 12.2 Å². The van der Waals surface area contributed by atoms with Gasteiger partial charge in [0.05, 0.1) is 14.2 Å². The van der Waals surface area contributed by atoms with Crippen molar-refractivity contribution in [3.8, 4) is 11.5 Å². The quantitative estimate of drug-likeness (QED) is 0.728. The van der Waals surface area contributed by atoms with Crippen molar-refractivity contribution >= 4 is 17.3 Å². The van der Waals surface area contributed by atoms with E-state index in [0.29, 0.717) is 5.11 Å². The molecular weight excluding hydrogens is 320 g/mol. The Kier molecular flexibility index (Phi) is 7.33. The summed E-state index contributed by atoms with van der Waals surface area (Å²) in [5, 5.41) is 7.40. The number of hydrogen-bond acceptors (Lipinski definition) is 3. The van der Waals surface area contributed by atoms with Gasteiger partial charge in [0.25, 0.3) is 0 Å². The second kappa shape index (κ2) is 8.56. The molecule has 0 unspecified atom stereocenters. The van der Waals surface area contributed by atoms with Gasteiger partial charge in [-0.2, -0.15) is 0 Å². The topological polar surface area (TPSA) is 42.5 Å². The van der Waals surface area contributed by atoms with Crippen LogP contribution in [-0.4, -0.2) is 31.4 Å². The molecule has 0 saturated heterocycles. The zero-order valence-electron chi connectivity index (χ0n) is 16.1. The Morgan fingerprint density at radius 3 is 2.21 bits per heavy atom. The Hall–Kier alpha value is -1.49. The van der Waals surface area contributed by atoms with Crippen molar-refractivity contribution in [1.82, 2.24) is 10.6 Å². The molecule has 0 spiro atoms. The van der Waals surface area contributed by atoms with Crippen LogP contribution in [0.5, 0.6) is 11.5 Å². The van der Waals surface area contributed by atoms with Gasteiger partial charge in [-0.05, 0) is 62.0 Å². The molecule has 1 aromatic carbocycles. The zero-order chi connectivity index (χ0) is 18.4. The van der Waals surface area contributed by atoms with E-state index in [4.69, 9.17) is 21.7 Å². The van der Waals surface area contributed by atoms with Gasteiger partial charge in [0, 0.05) is 12.1 Å². The Bertz CT molecular complexity index is 551. The number of thiocarbonyl (C=S) groups is 1. The molecule has 1 rings (SSSR count). The predicted molar refractivity (Wildman–Crippen MR) is 105 cm³/mol. The van der Waals surface area contributed by atoms with E-state index in [1.54, 1.807) is 14.2 Å². The summed E-state index contributed by atoms with van der Waals surface area (Å²) in [5.74, 6) is 1.50. The van der Waals surface area contributed by atoms with E-state index >= 15 is 0 Å². The van der Waals surface area contributed by atoms with Crippen LogP contribution in [0.3, 0.4) is 0 Å². The van der Waals surface area contributed by atoms with Crippen LogP contribution in [-0.2, 0) is 6.42 Å². The summed E-state index contributed by atoms with van der Waals surface area (Å²) in [5.41, 5.74) is 1.40. The van der Waals surface area contributed by atoms with Crippen molar-refractivity contribution in [1.29, 1.82) is 0 Å². The maximum atomic E-state index is 5.43. The van der Waals surface area contributed by atoms with Gasteiger partial charge in [0.2, 0.25) is 0 Å². The lowest BCUT2D eigenvalue weighted by Crippen LogP contribution is -2.50. The molecule has 0 heterocycles. The highest BCUT2D eigenvalue weighted by molar-refractivity contribution is 7.80. The van der Waals surface area contributed by atoms with Crippen molar-refractivity contribution in [2.24, 2.45) is 5.41 Å². The average molecular weight is 353 g/mol. The average Bonchev–Trinajstić information content (AvgIpc) is 2.43. The summed E-state index contributed by atoms with van der Waals surface area (Å²) in [6, 6.07) is 5.97. The highest BCUT2D eigenvalue weighted by atomic mass is 32.1. The summed E-state index contributed by atoms with van der Waals surface area (Å²) >= 11 is 5.43. The Balaban J connectivity index is 2.48. The van der Waals surface area contributed by atoms with E-state index in [1.165, 1.54) is 5.56 Å². The maximum absolute atomic E-state index is 5.43. The first-order valence-electron chi connectivity index (χ1n) is 8.33. The van der Waals surface area contributed by atoms with Gasteiger partial charge >= 0.3 is 0 Å². The van der Waals surface area contributed by atoms with Crippen molar-refractivity contribution in [3.05, 3.63) is 23.8 Å². The highest BCUT2D eigenvalue weighted by Gasteiger charge is 2.25. The van der Waals surface area contributed by atoms with Crippen LogP contribution in [0.4, 0.5) is 0 Å². The molecule has 0 bridgehead atoms. The SMILES string of the molecule is COc1ccc(CCNC(=S)NC(C)(C)CC(C)(C)C)cc1OC. The molecule has 0 aliphatic heterocycles. The fraction of sp³-hybridized carbons (Fsp3) is 0.632. The molecule has 136 valence electrons. The molecule has 0 aromatic heterocycles. The van der Waals surface area contributed by atoms with Gasteiger partial charge in [0.1, 0.15) is 0 Å². The summed E-state index contributed by atoms with van der Waals surface area (Å²) in [6.07, 6.45) is 1.90. The van der Waals surface area contributed by atoms with Gasteiger partial charge in [-0.1, -0.05) is 26.8 Å². The summed E-state index contributed by atoms with van der Waals surface area (Å²) in [7, 11) is 3.29. The molecule has 2 N–H and O–H groups in total. The minimum atomic E-state index is -0.0360. The largest absolute Gasteiger partial charge is 0.493 e. The van der Waals surface area contributed by atoms with E-state index in [0.717, 1.165) is 30.9 Å². The first kappa shape index (κ1) is 20.6. The number of hydrogen-bond donors (Lipinski definition) is 2. The molecule has 0 aliphatic carbocycles. The Morgan fingerprint density at radius 2 is 1.67 bits per heavy atom. The number of ether oxygens (including phenoxy) is 2. The lowest BCUT2D eigenvalue weighted by atomic mass is 9.82. The van der Waals surface area contributed by atoms with Crippen molar-refractivity contribution in [3.63, 3.8) is 0 Å². The van der Waals surface area contributed by atoms with E-state index in [1.807, 2.05) is 18.2 Å². The standard InChI is InChI=1S/C19H32N2O2S/c1-18(2,3)13-19(4,5)21-17(24)20-11-10-14-8-9-15(22-6)16(12-14)23-7/h8-9,12H,10-11,13H2,1-7H3,(H2,20,21,24). The number of methoxy groups -OCH3 is 2. The third kappa shape index (κ3) is 7.39. The molecular formula is C19H32N2O2S. The first-order chi connectivity index (χ1) is 11.1. The minimum absolute atomic E-state index is 0.0360. The second-order valence-corrected chi connectivity index (χ2v) is 8.35. The highest BCUT2D eigenvalue weighted by Crippen LogP contribution is 2.28. The number of benzene rings is 1. The van der Waals surface area contributed by atoms with Gasteiger partial charge in [-0.25, -0.2) is 0 Å². The molecule has 24 heavy (non-hydrogen) atoms. The number of rotatable bonds is 7. The summed E-state index contributed by atoms with van der Waals surface area (Å²) < 4.78 is 10.6. The third-order valence-corrected chi connectivity index (χ3v) is 3.82. The molecule has 0 fully saturated rings. The number of nitrogens with one attached hydrogen (secondary N) is 2. The van der Waals surface area contributed by atoms with E-state index in [-0.39, 0.29) is 11.0 Å². The maximum Gasteiger partial charge on any atom is 0.166 e. The lowest BCUT2D eigenvalue weighted by molar-refractivity contribution is 0.266. The van der Waals surface area contributed by atoms with Crippen LogP contribution in [0.1, 0.15) is 46.6 Å². The molecule has 0 atom stereocenters. The van der Waals surface area contributed by atoms with Crippen LogP contribution in [0.25, 0.3) is 0 Å². The van der Waals surface area contributed by atoms with Gasteiger partial charge < -0.3 is 20.1 Å². The fourth-order valence-corrected chi connectivity index (χ4v) is 3.46. The summed E-state index contributed by atoms with van der Waals surface area (Å²) in [6.45, 7) is 11.9. The zero-order valence-corrected chi connectivity index (χ0v) is 16.9. The van der Waals surface area contributed by atoms with Crippen molar-refractivity contribution < 1.29 is 9.47 Å². The van der Waals surface area contributed by atoms with Gasteiger partial charge in [-0.15, -0.1) is 0 Å². The van der Waals surface area contributed by atoms with E-state index < -0.39 is 0 Å². The fourth-order valence-electron chi connectivity index (χ4n) is 3.08. The molecule has 4 nitrogen and oxygen atoms in total. The lowest BCUT2D eigenvalue weighted by Gasteiger charge is -2.34. The molecule has 5 heteroatoms. The molecule has 0 saturated carbocycles. The molecule has 0 amide bonds. The smallest absolute Gasteiger partial charge is 0.166 e. The second-order valence-electron chi connectivity index (χ2n) is 7.94. The van der Waals surface area contributed by atoms with Crippen LogP contribution in [0.2, 0.25) is 0 Å². The van der Waals surface area contributed by atoms with Gasteiger partial charge in [0.15, 0.2) is 16.6 Å². The van der Waals surface area contributed by atoms with Crippen LogP contribution in [0, 0.1) is 5.41 Å². The third-order valence-electron chi connectivity index (χ3n) is 3.57. The monoisotopic (exact) mass is 352 g/mol. The molecule has 0 radical (unpaired) electrons. The van der Waals surface area contributed by atoms with Crippen LogP contribution in [0.15, 0.2) is 18.2 Å². The first-order valence-corrected chi connectivity index (χ1v) is 8.74. The Morgan fingerprint density at radius 1 is 1.04 bits per heavy atom. The Labute approximate surface area is 152 Å². The van der Waals surface area contributed by atoms with E-state index in [9.17, 15) is 0 Å². The van der Waals surface area contributed by atoms with Crippen molar-refractivity contribution in [2.45, 2.75) is 53.0 Å². The normalized spacial score (nSPS) is 11.8. The molecule has 1 aromatic rings. The predicted octanol–water partition coefficient (Wildman–Crippen LogP) is 3.93.